The average molecular weight is 361 g/mol. The number of carbonyl (C=O) groups is 1. The van der Waals surface area contributed by atoms with Crippen LogP contribution >= 0.6 is 0 Å². The summed E-state index contributed by atoms with van der Waals surface area (Å²) in [7, 11) is -2.57. The number of carboxylic acids is 1. The lowest BCUT2D eigenvalue weighted by Crippen LogP contribution is -2.43. The molecule has 0 saturated heterocycles. The van der Waals surface area contributed by atoms with Gasteiger partial charge in [0.2, 0.25) is 10.0 Å². The van der Waals surface area contributed by atoms with Gasteiger partial charge in [-0.2, -0.15) is 4.31 Å². The number of sulfonamides is 1. The van der Waals surface area contributed by atoms with Gasteiger partial charge in [-0.25, -0.2) is 8.42 Å². The van der Waals surface area contributed by atoms with Gasteiger partial charge in [0.1, 0.15) is 6.04 Å². The number of aliphatic carboxylic acids is 1. The fourth-order valence-electron chi connectivity index (χ4n) is 2.55. The molecule has 5 nitrogen and oxygen atoms in total. The maximum atomic E-state index is 12.7. The first-order chi connectivity index (χ1) is 11.8. The van der Waals surface area contributed by atoms with Crippen molar-refractivity contribution in [2.45, 2.75) is 37.6 Å². The van der Waals surface area contributed by atoms with Gasteiger partial charge in [-0.3, -0.25) is 4.79 Å². The molecule has 0 aromatic heterocycles. The predicted octanol–water partition coefficient (Wildman–Crippen LogP) is 2.87. The highest BCUT2D eigenvalue weighted by Crippen LogP contribution is 2.20. The Morgan fingerprint density at radius 1 is 1.04 bits per heavy atom. The average Bonchev–Trinajstić information content (AvgIpc) is 2.59. The lowest BCUT2D eigenvalue weighted by molar-refractivity contribution is -0.141. The first-order valence-electron chi connectivity index (χ1n) is 8.11. The fraction of sp³-hybridized carbons (Fsp3) is 0.316. The largest absolute Gasteiger partial charge is 0.480 e. The Bertz CT molecular complexity index is 827. The monoisotopic (exact) mass is 361 g/mol. The van der Waals surface area contributed by atoms with Gasteiger partial charge in [-0.1, -0.05) is 48.9 Å². The number of aryl methyl sites for hydroxylation is 2. The number of hydrogen-bond acceptors (Lipinski definition) is 3. The third kappa shape index (κ3) is 4.46. The molecule has 2 aromatic rings. The summed E-state index contributed by atoms with van der Waals surface area (Å²) >= 11 is 0. The Labute approximate surface area is 149 Å². The van der Waals surface area contributed by atoms with Crippen molar-refractivity contribution in [2.24, 2.45) is 0 Å². The van der Waals surface area contributed by atoms with Crippen LogP contribution in [-0.4, -0.2) is 36.9 Å². The number of carboxylic acid groups (broad SMARTS) is 1. The van der Waals surface area contributed by atoms with Gasteiger partial charge in [-0.05, 0) is 43.0 Å². The van der Waals surface area contributed by atoms with E-state index in [0.29, 0.717) is 0 Å². The Kier molecular flexibility index (Phi) is 5.98. The van der Waals surface area contributed by atoms with Crippen molar-refractivity contribution < 1.29 is 18.3 Å². The van der Waals surface area contributed by atoms with Crippen molar-refractivity contribution >= 4 is 16.0 Å². The van der Waals surface area contributed by atoms with Crippen molar-refractivity contribution in [2.75, 3.05) is 7.05 Å². The van der Waals surface area contributed by atoms with E-state index in [-0.39, 0.29) is 11.3 Å². The van der Waals surface area contributed by atoms with E-state index in [2.05, 4.69) is 0 Å². The zero-order valence-electron chi connectivity index (χ0n) is 14.6. The molecule has 0 fully saturated rings. The normalized spacial score (nSPS) is 13.0. The topological polar surface area (TPSA) is 74.7 Å². The number of nitrogens with zero attached hydrogens (tertiary/aromatic N) is 1. The van der Waals surface area contributed by atoms with Crippen LogP contribution in [0.15, 0.2) is 53.4 Å². The number of rotatable bonds is 7. The minimum atomic E-state index is -3.88. The van der Waals surface area contributed by atoms with Crippen LogP contribution in [0.1, 0.15) is 23.6 Å². The Morgan fingerprint density at radius 3 is 2.04 bits per heavy atom. The summed E-state index contributed by atoms with van der Waals surface area (Å²) < 4.78 is 26.4. The molecule has 0 radical (unpaired) electrons. The molecule has 6 heteroatoms. The number of likely N-dealkylation sites (N-methyl/N-ethyl adjacent to an activating group) is 1. The Hall–Kier alpha value is -2.18. The smallest absolute Gasteiger partial charge is 0.322 e. The Morgan fingerprint density at radius 2 is 1.56 bits per heavy atom. The molecule has 0 bridgehead atoms. The molecular weight excluding hydrogens is 338 g/mol. The van der Waals surface area contributed by atoms with E-state index < -0.39 is 22.0 Å². The highest BCUT2D eigenvalue weighted by Gasteiger charge is 2.32. The zero-order chi connectivity index (χ0) is 18.6. The van der Waals surface area contributed by atoms with Crippen LogP contribution in [0, 0.1) is 6.92 Å². The first-order valence-corrected chi connectivity index (χ1v) is 9.55. The molecule has 0 saturated carbocycles. The van der Waals surface area contributed by atoms with Crippen LogP contribution in [0.3, 0.4) is 0 Å². The van der Waals surface area contributed by atoms with E-state index in [1.165, 1.54) is 19.2 Å². The van der Waals surface area contributed by atoms with Crippen molar-refractivity contribution in [1.82, 2.24) is 4.31 Å². The van der Waals surface area contributed by atoms with E-state index in [0.717, 1.165) is 27.4 Å². The van der Waals surface area contributed by atoms with Crippen molar-refractivity contribution in [3.05, 3.63) is 65.2 Å². The maximum Gasteiger partial charge on any atom is 0.322 e. The van der Waals surface area contributed by atoms with Crippen LogP contribution in [0.5, 0.6) is 0 Å². The third-order valence-electron chi connectivity index (χ3n) is 4.28. The molecule has 2 rings (SSSR count). The minimum absolute atomic E-state index is 0.0909. The van der Waals surface area contributed by atoms with Gasteiger partial charge in [0.05, 0.1) is 4.90 Å². The summed E-state index contributed by atoms with van der Waals surface area (Å²) in [6.45, 7) is 3.90. The molecule has 0 unspecified atom stereocenters. The van der Waals surface area contributed by atoms with Gasteiger partial charge in [0.25, 0.3) is 0 Å². The number of benzene rings is 2. The summed E-state index contributed by atoms with van der Waals surface area (Å²) in [6.07, 6.45) is 1.01. The molecule has 134 valence electrons. The molecule has 0 spiro atoms. The van der Waals surface area contributed by atoms with Crippen molar-refractivity contribution in [1.29, 1.82) is 0 Å². The zero-order valence-corrected chi connectivity index (χ0v) is 15.5. The lowest BCUT2D eigenvalue weighted by atomic mass is 10.0. The van der Waals surface area contributed by atoms with E-state index in [9.17, 15) is 18.3 Å². The lowest BCUT2D eigenvalue weighted by Gasteiger charge is -2.24. The van der Waals surface area contributed by atoms with Crippen LogP contribution in [-0.2, 0) is 27.7 Å². The maximum absolute atomic E-state index is 12.7. The highest BCUT2D eigenvalue weighted by atomic mass is 32.2. The summed E-state index contributed by atoms with van der Waals surface area (Å²) in [5, 5.41) is 9.55. The number of hydrogen-bond donors (Lipinski definition) is 1. The standard InChI is InChI=1S/C19H23NO4S/c1-4-15-7-9-16(10-8-15)13-18(19(21)22)20(3)25(23,24)17-11-5-14(2)6-12-17/h5-12,18H,4,13H2,1-3H3,(H,21,22)/t18-/m0/s1. The van der Waals surface area contributed by atoms with E-state index in [4.69, 9.17) is 0 Å². The summed E-state index contributed by atoms with van der Waals surface area (Å²) in [6, 6.07) is 12.8. The second-order valence-electron chi connectivity index (χ2n) is 6.06. The van der Waals surface area contributed by atoms with Gasteiger partial charge >= 0.3 is 5.97 Å². The molecular formula is C19H23NO4S. The van der Waals surface area contributed by atoms with Crippen LogP contribution in [0.4, 0.5) is 0 Å². The molecule has 0 aliphatic heterocycles. The highest BCUT2D eigenvalue weighted by molar-refractivity contribution is 7.89. The van der Waals surface area contributed by atoms with E-state index in [1.807, 2.05) is 38.1 Å². The van der Waals surface area contributed by atoms with Crippen LogP contribution < -0.4 is 0 Å². The quantitative estimate of drug-likeness (QED) is 0.823. The van der Waals surface area contributed by atoms with Gasteiger partial charge < -0.3 is 5.11 Å². The Balaban J connectivity index is 2.28. The summed E-state index contributed by atoms with van der Waals surface area (Å²) in [5.74, 6) is -1.17. The minimum Gasteiger partial charge on any atom is -0.480 e. The molecule has 1 N–H and O–H groups in total. The van der Waals surface area contributed by atoms with Crippen LogP contribution in [0.2, 0.25) is 0 Å². The molecule has 0 aliphatic rings. The van der Waals surface area contributed by atoms with Crippen LogP contribution in [0.25, 0.3) is 0 Å². The second-order valence-corrected chi connectivity index (χ2v) is 8.06. The third-order valence-corrected chi connectivity index (χ3v) is 6.16. The molecule has 0 aliphatic carbocycles. The molecule has 0 heterocycles. The fourth-order valence-corrected chi connectivity index (χ4v) is 3.86. The van der Waals surface area contributed by atoms with Gasteiger partial charge in [-0.15, -0.1) is 0 Å². The van der Waals surface area contributed by atoms with Crippen molar-refractivity contribution in [3.8, 4) is 0 Å². The summed E-state index contributed by atoms with van der Waals surface area (Å²) in [5.41, 5.74) is 2.87. The van der Waals surface area contributed by atoms with E-state index >= 15 is 0 Å². The van der Waals surface area contributed by atoms with Gasteiger partial charge in [0, 0.05) is 7.05 Å². The predicted molar refractivity (Wildman–Crippen MR) is 97.1 cm³/mol. The first kappa shape index (κ1) is 19.1. The SMILES string of the molecule is CCc1ccc(C[C@@H](C(=O)O)N(C)S(=O)(=O)c2ccc(C)cc2)cc1. The van der Waals surface area contributed by atoms with E-state index in [1.54, 1.807) is 12.1 Å². The summed E-state index contributed by atoms with van der Waals surface area (Å²) in [4.78, 5) is 11.8. The molecule has 25 heavy (non-hydrogen) atoms. The van der Waals surface area contributed by atoms with Gasteiger partial charge in [0.15, 0.2) is 0 Å². The molecule has 1 atom stereocenters. The van der Waals surface area contributed by atoms with Crippen molar-refractivity contribution in [3.63, 3.8) is 0 Å². The molecule has 0 amide bonds. The second kappa shape index (κ2) is 7.80. The molecule has 2 aromatic carbocycles.